The van der Waals surface area contributed by atoms with E-state index in [-0.39, 0.29) is 6.04 Å². The Morgan fingerprint density at radius 1 is 1.19 bits per heavy atom. The predicted octanol–water partition coefficient (Wildman–Crippen LogP) is 2.35. The second kappa shape index (κ2) is 4.00. The van der Waals surface area contributed by atoms with Gasteiger partial charge in [0.05, 0.1) is 0 Å². The van der Waals surface area contributed by atoms with E-state index in [4.69, 9.17) is 0 Å². The molecule has 0 aliphatic carbocycles. The van der Waals surface area contributed by atoms with E-state index in [2.05, 4.69) is 19.1 Å². The monoisotopic (exact) mass is 216 g/mol. The number of rotatable bonds is 2. The van der Waals surface area contributed by atoms with Crippen molar-refractivity contribution in [2.45, 2.75) is 26.8 Å². The first-order valence-corrected chi connectivity index (χ1v) is 5.43. The van der Waals surface area contributed by atoms with Crippen LogP contribution in [0.25, 0.3) is 0 Å². The summed E-state index contributed by atoms with van der Waals surface area (Å²) in [5.41, 5.74) is 3.00. The van der Waals surface area contributed by atoms with Gasteiger partial charge in [0.15, 0.2) is 0 Å². The molecule has 1 atom stereocenters. The third kappa shape index (κ3) is 1.69. The Labute approximate surface area is 95.5 Å². The largest absolute Gasteiger partial charge is 0.711 e. The summed E-state index contributed by atoms with van der Waals surface area (Å²) in [4.78, 5) is 0. The van der Waals surface area contributed by atoms with Crippen LogP contribution in [-0.2, 0) is 0 Å². The van der Waals surface area contributed by atoms with Gasteiger partial charge in [-0.1, -0.05) is 30.3 Å². The molecule has 0 saturated heterocycles. The summed E-state index contributed by atoms with van der Waals surface area (Å²) in [5.74, 6) is 0. The Bertz CT molecular complexity index is 488. The van der Waals surface area contributed by atoms with Gasteiger partial charge in [-0.25, -0.2) is 9.30 Å². The number of hydrogen-bond acceptors (Lipinski definition) is 1. The van der Waals surface area contributed by atoms with Crippen molar-refractivity contribution in [1.29, 1.82) is 0 Å². The highest BCUT2D eigenvalue weighted by atomic mass is 16.5. The molecule has 3 nitrogen and oxygen atoms in total. The molecule has 84 valence electrons. The number of imidazole rings is 1. The average Bonchev–Trinajstić information content (AvgIpc) is 2.57. The quantitative estimate of drug-likeness (QED) is 0.560. The molecule has 0 saturated carbocycles. The number of hydrogen-bond donors (Lipinski definition) is 0. The molecule has 2 rings (SSSR count). The lowest BCUT2D eigenvalue weighted by Crippen LogP contribution is -2.26. The van der Waals surface area contributed by atoms with Gasteiger partial charge in [0, 0.05) is 13.8 Å². The fraction of sp³-hybridized carbons (Fsp3) is 0.308. The average molecular weight is 216 g/mol. The summed E-state index contributed by atoms with van der Waals surface area (Å²) in [5, 5.41) is 11.5. The van der Waals surface area contributed by atoms with Gasteiger partial charge in [0.2, 0.25) is 6.33 Å². The molecular weight excluding hydrogens is 200 g/mol. The molecule has 0 aliphatic rings. The zero-order valence-electron chi connectivity index (χ0n) is 9.84. The van der Waals surface area contributed by atoms with Crippen LogP contribution in [0.2, 0.25) is 0 Å². The van der Waals surface area contributed by atoms with Gasteiger partial charge >= 0.3 is 0 Å². The molecule has 0 unspecified atom stereocenters. The van der Waals surface area contributed by atoms with Crippen LogP contribution in [0, 0.1) is 19.1 Å². The van der Waals surface area contributed by atoms with Crippen molar-refractivity contribution in [2.24, 2.45) is 0 Å². The minimum atomic E-state index is 0.190. The van der Waals surface area contributed by atoms with Crippen molar-refractivity contribution in [3.05, 3.63) is 58.8 Å². The summed E-state index contributed by atoms with van der Waals surface area (Å²) in [6, 6.07) is 10.4. The molecule has 0 radical (unpaired) electrons. The first kappa shape index (κ1) is 10.7. The van der Waals surface area contributed by atoms with Crippen LogP contribution in [0.1, 0.15) is 29.9 Å². The van der Waals surface area contributed by atoms with E-state index < -0.39 is 0 Å². The lowest BCUT2D eigenvalue weighted by molar-refractivity contribution is -0.611. The number of benzene rings is 1. The highest BCUT2D eigenvalue weighted by Gasteiger charge is 2.18. The Morgan fingerprint density at radius 2 is 1.81 bits per heavy atom. The lowest BCUT2D eigenvalue weighted by Gasteiger charge is -2.09. The lowest BCUT2D eigenvalue weighted by atomic mass is 10.1. The third-order valence-corrected chi connectivity index (χ3v) is 3.17. The molecular formula is C13H16N2O. The summed E-state index contributed by atoms with van der Waals surface area (Å²) in [6.45, 7) is 5.92. The highest BCUT2D eigenvalue weighted by molar-refractivity contribution is 5.20. The van der Waals surface area contributed by atoms with Crippen molar-refractivity contribution >= 4 is 0 Å². The van der Waals surface area contributed by atoms with Crippen molar-refractivity contribution in [1.82, 2.24) is 4.57 Å². The minimum Gasteiger partial charge on any atom is -0.711 e. The zero-order valence-corrected chi connectivity index (χ0v) is 9.84. The minimum absolute atomic E-state index is 0.190. The van der Waals surface area contributed by atoms with E-state index in [1.54, 1.807) is 6.33 Å². The van der Waals surface area contributed by atoms with E-state index in [0.29, 0.717) is 0 Å². The molecule has 0 N–H and O–H groups in total. The molecule has 0 fully saturated rings. The molecule has 16 heavy (non-hydrogen) atoms. The van der Waals surface area contributed by atoms with Gasteiger partial charge in [-0.3, -0.25) is 0 Å². The molecule has 0 amide bonds. The van der Waals surface area contributed by atoms with Crippen LogP contribution in [0.3, 0.4) is 0 Å². The van der Waals surface area contributed by atoms with Gasteiger partial charge in [-0.2, -0.15) is 0 Å². The summed E-state index contributed by atoms with van der Waals surface area (Å²) < 4.78 is 2.94. The maximum atomic E-state index is 11.5. The van der Waals surface area contributed by atoms with Crippen LogP contribution >= 0.6 is 0 Å². The maximum absolute atomic E-state index is 11.5. The summed E-state index contributed by atoms with van der Waals surface area (Å²) in [7, 11) is 0. The Kier molecular flexibility index (Phi) is 2.69. The van der Waals surface area contributed by atoms with Crippen molar-refractivity contribution < 1.29 is 4.73 Å². The van der Waals surface area contributed by atoms with Gasteiger partial charge in [0.25, 0.3) is 0 Å². The van der Waals surface area contributed by atoms with Gasteiger partial charge < -0.3 is 5.21 Å². The standard InChI is InChI=1S/C13H16N2O/c1-10-11(2)15(16)9-14(10)12(3)13-7-5-4-6-8-13/h4-9,12H,1-3H3/t12-/m1/s1. The van der Waals surface area contributed by atoms with E-state index in [1.807, 2.05) is 36.6 Å². The van der Waals surface area contributed by atoms with Gasteiger partial charge in [-0.05, 0) is 12.5 Å². The van der Waals surface area contributed by atoms with Crippen molar-refractivity contribution in [2.75, 3.05) is 0 Å². The second-order valence-electron chi connectivity index (χ2n) is 4.11. The molecule has 0 spiro atoms. The smallest absolute Gasteiger partial charge is 0.247 e. The maximum Gasteiger partial charge on any atom is 0.247 e. The topological polar surface area (TPSA) is 31.9 Å². The first-order chi connectivity index (χ1) is 7.61. The molecule has 3 heteroatoms. The first-order valence-electron chi connectivity index (χ1n) is 5.43. The van der Waals surface area contributed by atoms with Crippen molar-refractivity contribution in [3.8, 4) is 0 Å². The summed E-state index contributed by atoms with van der Waals surface area (Å²) >= 11 is 0. The van der Waals surface area contributed by atoms with Crippen LogP contribution in [0.5, 0.6) is 0 Å². The predicted molar refractivity (Wildman–Crippen MR) is 63.1 cm³/mol. The van der Waals surface area contributed by atoms with Crippen LogP contribution in [0.4, 0.5) is 0 Å². The van der Waals surface area contributed by atoms with Crippen molar-refractivity contribution in [3.63, 3.8) is 0 Å². The summed E-state index contributed by atoms with van der Waals surface area (Å²) in [6.07, 6.45) is 1.61. The molecule has 0 aliphatic heterocycles. The van der Waals surface area contributed by atoms with E-state index in [1.165, 1.54) is 5.56 Å². The highest BCUT2D eigenvalue weighted by Crippen LogP contribution is 2.19. The molecule has 2 aromatic rings. The Morgan fingerprint density at radius 3 is 2.31 bits per heavy atom. The molecule has 1 aromatic heterocycles. The van der Waals surface area contributed by atoms with Crippen LogP contribution in [0.15, 0.2) is 36.7 Å². The van der Waals surface area contributed by atoms with E-state index >= 15 is 0 Å². The fourth-order valence-corrected chi connectivity index (χ4v) is 1.92. The van der Waals surface area contributed by atoms with Crippen LogP contribution in [-0.4, -0.2) is 4.57 Å². The SMILES string of the molecule is Cc1c(C)[n+]([O-])cn1[C@H](C)c1ccccc1. The molecule has 1 aromatic carbocycles. The van der Waals surface area contributed by atoms with E-state index in [9.17, 15) is 5.21 Å². The molecule has 0 bridgehead atoms. The Hall–Kier alpha value is -1.77. The van der Waals surface area contributed by atoms with Gasteiger partial charge in [-0.15, -0.1) is 0 Å². The van der Waals surface area contributed by atoms with Crippen LogP contribution < -0.4 is 4.73 Å². The van der Waals surface area contributed by atoms with Gasteiger partial charge in [0.1, 0.15) is 17.4 Å². The zero-order chi connectivity index (χ0) is 11.7. The van der Waals surface area contributed by atoms with E-state index in [0.717, 1.165) is 16.1 Å². The number of nitrogens with zero attached hydrogens (tertiary/aromatic N) is 2. The third-order valence-electron chi connectivity index (χ3n) is 3.17. The molecule has 1 heterocycles. The fourth-order valence-electron chi connectivity index (χ4n) is 1.92. The second-order valence-corrected chi connectivity index (χ2v) is 4.11. The normalized spacial score (nSPS) is 12.7. The number of aromatic nitrogens is 2. The Balaban J connectivity index is 2.42.